The molecule has 2 aromatic heterocycles. The van der Waals surface area contributed by atoms with Gasteiger partial charge >= 0.3 is 0 Å². The average molecular weight is 443 g/mol. The summed E-state index contributed by atoms with van der Waals surface area (Å²) in [5, 5.41) is 8.29. The van der Waals surface area contributed by atoms with Gasteiger partial charge in [0.15, 0.2) is 0 Å². The fraction of sp³-hybridized carbons (Fsp3) is 0.160. The minimum absolute atomic E-state index is 0.300. The number of nitrogens with zero attached hydrogens (tertiary/aromatic N) is 2. The van der Waals surface area contributed by atoms with Crippen molar-refractivity contribution in [1.82, 2.24) is 9.78 Å². The van der Waals surface area contributed by atoms with Crippen molar-refractivity contribution in [2.45, 2.75) is 26.2 Å². The molecule has 5 rings (SSSR count). The maximum Gasteiger partial charge on any atom is 0.260 e. The van der Waals surface area contributed by atoms with Crippen molar-refractivity contribution in [2.75, 3.05) is 5.32 Å². The number of thiophene rings is 1. The highest BCUT2D eigenvalue weighted by atomic mass is 32.1. The van der Waals surface area contributed by atoms with Crippen LogP contribution in [-0.2, 0) is 12.8 Å². The maximum atomic E-state index is 13.6. The summed E-state index contributed by atoms with van der Waals surface area (Å²) in [5.41, 5.74) is 10.6. The van der Waals surface area contributed by atoms with Gasteiger partial charge in [0, 0.05) is 10.4 Å². The molecular weight excluding hydrogens is 420 g/mol. The molecule has 0 atom stereocenters. The second-order valence-electron chi connectivity index (χ2n) is 7.80. The lowest BCUT2D eigenvalue weighted by molar-refractivity contribution is 0.100. The molecule has 0 saturated heterocycles. The van der Waals surface area contributed by atoms with Crippen molar-refractivity contribution in [3.8, 4) is 16.9 Å². The smallest absolute Gasteiger partial charge is 0.260 e. The van der Waals surface area contributed by atoms with Crippen molar-refractivity contribution >= 4 is 28.2 Å². The Balaban J connectivity index is 1.61. The number of hydrogen-bond donors (Lipinski definition) is 2. The zero-order valence-electron chi connectivity index (χ0n) is 17.6. The first-order valence-corrected chi connectivity index (χ1v) is 11.3. The van der Waals surface area contributed by atoms with Crippen molar-refractivity contribution in [3.05, 3.63) is 87.9 Å². The van der Waals surface area contributed by atoms with Crippen LogP contribution in [0.2, 0.25) is 0 Å². The van der Waals surface area contributed by atoms with Gasteiger partial charge in [-0.1, -0.05) is 48.5 Å². The molecule has 1 aliphatic rings. The van der Waals surface area contributed by atoms with Gasteiger partial charge in [-0.15, -0.1) is 11.3 Å². The highest BCUT2D eigenvalue weighted by Gasteiger charge is 2.29. The van der Waals surface area contributed by atoms with Gasteiger partial charge in [-0.05, 0) is 43.9 Å². The first-order chi connectivity index (χ1) is 15.5. The molecule has 0 fully saturated rings. The predicted octanol–water partition coefficient (Wildman–Crippen LogP) is 4.75. The monoisotopic (exact) mass is 442 g/mol. The first-order valence-electron chi connectivity index (χ1n) is 10.5. The molecule has 0 aliphatic heterocycles. The third kappa shape index (κ3) is 3.40. The Bertz CT molecular complexity index is 1320. The zero-order chi connectivity index (χ0) is 22.2. The molecule has 4 aromatic rings. The number of benzene rings is 2. The first kappa shape index (κ1) is 20.2. The standard InChI is InChI=1S/C25H22N4O2S/c1-15-20(24(31)27-25-21(23(26)30)18-13-8-14-19(18)32-25)22(16-9-4-2-5-10-16)28-29(15)17-11-6-3-7-12-17/h2-7,9-12H,8,13-14H2,1H3,(H2,26,30)(H,27,31). The maximum absolute atomic E-state index is 13.6. The van der Waals surface area contributed by atoms with Crippen LogP contribution in [0.1, 0.15) is 43.3 Å². The number of amides is 2. The highest BCUT2D eigenvalue weighted by Crippen LogP contribution is 2.39. The second-order valence-corrected chi connectivity index (χ2v) is 8.91. The molecule has 6 nitrogen and oxygen atoms in total. The third-order valence-electron chi connectivity index (χ3n) is 5.79. The van der Waals surface area contributed by atoms with Crippen molar-refractivity contribution in [2.24, 2.45) is 5.73 Å². The van der Waals surface area contributed by atoms with Gasteiger partial charge in [0.05, 0.1) is 22.5 Å². The summed E-state index contributed by atoms with van der Waals surface area (Å²) < 4.78 is 1.78. The Morgan fingerprint density at radius 1 is 1.00 bits per heavy atom. The number of anilines is 1. The summed E-state index contributed by atoms with van der Waals surface area (Å²) in [6.45, 7) is 1.88. The summed E-state index contributed by atoms with van der Waals surface area (Å²) in [5.74, 6) is -0.800. The molecule has 0 spiro atoms. The van der Waals surface area contributed by atoms with Gasteiger partial charge in [0.25, 0.3) is 11.8 Å². The number of nitrogens with two attached hydrogens (primary N) is 1. The van der Waals surface area contributed by atoms with Crippen molar-refractivity contribution < 1.29 is 9.59 Å². The van der Waals surface area contributed by atoms with Gasteiger partial charge in [-0.3, -0.25) is 9.59 Å². The number of aryl methyl sites for hydroxylation is 1. The molecule has 0 saturated carbocycles. The normalized spacial score (nSPS) is 12.5. The van der Waals surface area contributed by atoms with Crippen LogP contribution in [0.4, 0.5) is 5.00 Å². The molecule has 7 heteroatoms. The van der Waals surface area contributed by atoms with Crippen LogP contribution in [0, 0.1) is 6.92 Å². The van der Waals surface area contributed by atoms with Crippen molar-refractivity contribution in [1.29, 1.82) is 0 Å². The van der Waals surface area contributed by atoms with Crippen LogP contribution in [-0.4, -0.2) is 21.6 Å². The largest absolute Gasteiger partial charge is 0.365 e. The minimum Gasteiger partial charge on any atom is -0.365 e. The number of nitrogens with one attached hydrogen (secondary N) is 1. The molecule has 0 unspecified atom stereocenters. The number of carbonyl (C=O) groups excluding carboxylic acids is 2. The lowest BCUT2D eigenvalue weighted by Gasteiger charge is -2.08. The summed E-state index contributed by atoms with van der Waals surface area (Å²) in [4.78, 5) is 26.9. The molecule has 2 amide bonds. The van der Waals surface area contributed by atoms with Crippen LogP contribution in [0.15, 0.2) is 60.7 Å². The van der Waals surface area contributed by atoms with E-state index in [2.05, 4.69) is 5.32 Å². The van der Waals surface area contributed by atoms with Crippen LogP contribution < -0.4 is 11.1 Å². The fourth-order valence-electron chi connectivity index (χ4n) is 4.31. The highest BCUT2D eigenvalue weighted by molar-refractivity contribution is 7.17. The third-order valence-corrected chi connectivity index (χ3v) is 6.99. The topological polar surface area (TPSA) is 90.0 Å². The summed E-state index contributed by atoms with van der Waals surface area (Å²) >= 11 is 1.45. The van der Waals surface area contributed by atoms with E-state index < -0.39 is 5.91 Å². The van der Waals surface area contributed by atoms with Gasteiger partial charge in [0.2, 0.25) is 0 Å². The lowest BCUT2D eigenvalue weighted by atomic mass is 10.1. The summed E-state index contributed by atoms with van der Waals surface area (Å²) in [6.07, 6.45) is 2.74. The molecule has 160 valence electrons. The van der Waals surface area contributed by atoms with Gasteiger partial charge in [-0.2, -0.15) is 5.10 Å². The lowest BCUT2D eigenvalue weighted by Crippen LogP contribution is -2.18. The van der Waals surface area contributed by atoms with E-state index in [9.17, 15) is 9.59 Å². The number of para-hydroxylation sites is 1. The molecule has 3 N–H and O–H groups in total. The Hall–Kier alpha value is -3.71. The van der Waals surface area contributed by atoms with Crippen LogP contribution in [0.25, 0.3) is 16.9 Å². The van der Waals surface area contributed by atoms with Gasteiger partial charge in [0.1, 0.15) is 10.7 Å². The summed E-state index contributed by atoms with van der Waals surface area (Å²) in [6, 6.07) is 19.3. The van der Waals surface area contributed by atoms with Crippen LogP contribution >= 0.6 is 11.3 Å². The zero-order valence-corrected chi connectivity index (χ0v) is 18.4. The van der Waals surface area contributed by atoms with Crippen LogP contribution in [0.3, 0.4) is 0 Å². The number of hydrogen-bond acceptors (Lipinski definition) is 4. The fourth-order valence-corrected chi connectivity index (χ4v) is 5.60. The molecule has 2 heterocycles. The Morgan fingerprint density at radius 2 is 1.69 bits per heavy atom. The Morgan fingerprint density at radius 3 is 2.38 bits per heavy atom. The molecule has 0 radical (unpaired) electrons. The van der Waals surface area contributed by atoms with Gasteiger partial charge < -0.3 is 11.1 Å². The van der Waals surface area contributed by atoms with E-state index in [4.69, 9.17) is 10.8 Å². The SMILES string of the molecule is Cc1c(C(=O)Nc2sc3c(c2C(N)=O)CCC3)c(-c2ccccc2)nn1-c1ccccc1. The minimum atomic E-state index is -0.500. The molecule has 2 aromatic carbocycles. The summed E-state index contributed by atoms with van der Waals surface area (Å²) in [7, 11) is 0. The quantitative estimate of drug-likeness (QED) is 0.467. The van der Waals surface area contributed by atoms with Gasteiger partial charge in [-0.25, -0.2) is 4.68 Å². The Kier molecular flexibility index (Phi) is 5.11. The molecule has 32 heavy (non-hydrogen) atoms. The predicted molar refractivity (Wildman–Crippen MR) is 127 cm³/mol. The number of aromatic nitrogens is 2. The van der Waals surface area contributed by atoms with E-state index in [0.29, 0.717) is 21.8 Å². The average Bonchev–Trinajstić information content (AvgIpc) is 3.47. The van der Waals surface area contributed by atoms with Crippen molar-refractivity contribution in [3.63, 3.8) is 0 Å². The molecular formula is C25H22N4O2S. The number of rotatable bonds is 5. The number of carbonyl (C=O) groups is 2. The second kappa shape index (κ2) is 8.09. The van der Waals surface area contributed by atoms with E-state index in [0.717, 1.165) is 46.6 Å². The van der Waals surface area contributed by atoms with Crippen LogP contribution in [0.5, 0.6) is 0 Å². The van der Waals surface area contributed by atoms with E-state index >= 15 is 0 Å². The Labute approximate surface area is 189 Å². The number of fused-ring (bicyclic) bond motifs is 1. The van der Waals surface area contributed by atoms with E-state index in [1.54, 1.807) is 4.68 Å². The van der Waals surface area contributed by atoms with E-state index in [1.807, 2.05) is 67.6 Å². The number of primary amides is 1. The molecule has 0 bridgehead atoms. The van der Waals surface area contributed by atoms with E-state index in [-0.39, 0.29) is 5.91 Å². The molecule has 1 aliphatic carbocycles. The van der Waals surface area contributed by atoms with E-state index in [1.165, 1.54) is 11.3 Å².